The Balaban J connectivity index is 1.12. The second-order valence-corrected chi connectivity index (χ2v) is 9.41. The highest BCUT2D eigenvalue weighted by molar-refractivity contribution is 8.01. The standard InChI is InChI=1S/C20H25N3O4S/c24-18(21-10-13-1-4-16-17(9-13)27-12-26-16)15-11-28-20(22-15)5-7-23(8-6-20)19(25)14-2-3-14/h1,4,9,14-15,22H,2-3,5-8,10-12H2,(H,21,24). The maximum absolute atomic E-state index is 12.6. The number of nitrogens with zero attached hydrogens (tertiary/aromatic N) is 1. The quantitative estimate of drug-likeness (QED) is 0.793. The maximum atomic E-state index is 12.6. The van der Waals surface area contributed by atoms with E-state index < -0.39 is 0 Å². The lowest BCUT2D eigenvalue weighted by molar-refractivity contribution is -0.134. The zero-order valence-electron chi connectivity index (χ0n) is 15.7. The SMILES string of the molecule is O=C(NCc1ccc2c(c1)OCO2)C1CSC2(CCN(C(=O)C3CC3)CC2)N1. The molecular formula is C20H25N3O4S. The van der Waals surface area contributed by atoms with Crippen LogP contribution in [0.3, 0.4) is 0 Å². The van der Waals surface area contributed by atoms with Gasteiger partial charge in [-0.25, -0.2) is 0 Å². The van der Waals surface area contributed by atoms with Gasteiger partial charge in [0.05, 0.1) is 10.9 Å². The molecule has 8 heteroatoms. The molecule has 1 unspecified atom stereocenters. The van der Waals surface area contributed by atoms with Crippen molar-refractivity contribution < 1.29 is 19.1 Å². The molecule has 5 rings (SSSR count). The Hall–Kier alpha value is -1.93. The monoisotopic (exact) mass is 403 g/mol. The molecule has 2 N–H and O–H groups in total. The molecule has 150 valence electrons. The lowest BCUT2D eigenvalue weighted by Gasteiger charge is -2.39. The molecule has 3 heterocycles. The number of hydrogen-bond donors (Lipinski definition) is 2. The van der Waals surface area contributed by atoms with Gasteiger partial charge >= 0.3 is 0 Å². The number of benzene rings is 1. The van der Waals surface area contributed by atoms with Crippen LogP contribution in [0.4, 0.5) is 0 Å². The third-order valence-electron chi connectivity index (χ3n) is 5.99. The Labute approximate surface area is 168 Å². The number of hydrogen-bond acceptors (Lipinski definition) is 6. The van der Waals surface area contributed by atoms with E-state index in [0.717, 1.165) is 61.6 Å². The van der Waals surface area contributed by atoms with E-state index in [4.69, 9.17) is 9.47 Å². The van der Waals surface area contributed by atoms with Gasteiger partial charge in [-0.2, -0.15) is 0 Å². The summed E-state index contributed by atoms with van der Waals surface area (Å²) in [6.45, 7) is 2.30. The molecule has 3 fully saturated rings. The molecule has 7 nitrogen and oxygen atoms in total. The second kappa shape index (κ2) is 7.15. The van der Waals surface area contributed by atoms with E-state index in [-0.39, 0.29) is 29.5 Å². The van der Waals surface area contributed by atoms with Crippen LogP contribution in [0.25, 0.3) is 0 Å². The Morgan fingerprint density at radius 1 is 1.21 bits per heavy atom. The molecule has 0 radical (unpaired) electrons. The number of fused-ring (bicyclic) bond motifs is 1. The van der Waals surface area contributed by atoms with E-state index >= 15 is 0 Å². The van der Waals surface area contributed by atoms with E-state index in [1.54, 1.807) is 0 Å². The van der Waals surface area contributed by atoms with Gasteiger partial charge in [0.15, 0.2) is 11.5 Å². The molecule has 2 saturated heterocycles. The first-order chi connectivity index (χ1) is 13.6. The van der Waals surface area contributed by atoms with Crippen LogP contribution < -0.4 is 20.1 Å². The molecule has 0 bridgehead atoms. The molecule has 28 heavy (non-hydrogen) atoms. The van der Waals surface area contributed by atoms with Crippen molar-refractivity contribution in [3.63, 3.8) is 0 Å². The lowest BCUT2D eigenvalue weighted by atomic mass is 10.0. The van der Waals surface area contributed by atoms with E-state index in [9.17, 15) is 9.59 Å². The summed E-state index contributed by atoms with van der Waals surface area (Å²) in [6, 6.07) is 5.54. The molecule has 2 amide bonds. The van der Waals surface area contributed by atoms with Crippen molar-refractivity contribution in [2.45, 2.75) is 43.1 Å². The summed E-state index contributed by atoms with van der Waals surface area (Å²) in [5.74, 6) is 2.89. The molecule has 1 aromatic carbocycles. The van der Waals surface area contributed by atoms with Crippen LogP contribution in [0.1, 0.15) is 31.2 Å². The summed E-state index contributed by atoms with van der Waals surface area (Å²) < 4.78 is 10.7. The molecule has 1 aromatic rings. The third kappa shape index (κ3) is 3.55. The molecule has 4 aliphatic rings. The first-order valence-electron chi connectivity index (χ1n) is 9.99. The average Bonchev–Trinajstić information content (AvgIpc) is 3.33. The topological polar surface area (TPSA) is 79.9 Å². The van der Waals surface area contributed by atoms with Crippen molar-refractivity contribution in [2.75, 3.05) is 25.6 Å². The maximum Gasteiger partial charge on any atom is 0.238 e. The molecule has 1 atom stereocenters. The van der Waals surface area contributed by atoms with E-state index in [2.05, 4.69) is 10.6 Å². The minimum atomic E-state index is -0.190. The molecular weight excluding hydrogens is 378 g/mol. The zero-order valence-corrected chi connectivity index (χ0v) is 16.6. The van der Waals surface area contributed by atoms with Crippen molar-refractivity contribution in [1.82, 2.24) is 15.5 Å². The van der Waals surface area contributed by atoms with Gasteiger partial charge < -0.3 is 19.7 Å². The van der Waals surface area contributed by atoms with Gasteiger partial charge in [-0.15, -0.1) is 11.8 Å². The first kappa shape index (κ1) is 18.1. The van der Waals surface area contributed by atoms with E-state index in [0.29, 0.717) is 12.5 Å². The van der Waals surface area contributed by atoms with Gasteiger partial charge in [-0.3, -0.25) is 14.9 Å². The van der Waals surface area contributed by atoms with Gasteiger partial charge in [-0.05, 0) is 43.4 Å². The second-order valence-electron chi connectivity index (χ2n) is 8.01. The van der Waals surface area contributed by atoms with E-state index in [1.807, 2.05) is 34.9 Å². The summed E-state index contributed by atoms with van der Waals surface area (Å²) in [7, 11) is 0. The van der Waals surface area contributed by atoms with Crippen molar-refractivity contribution >= 4 is 23.6 Å². The number of thioether (sulfide) groups is 1. The Bertz CT molecular complexity index is 790. The van der Waals surface area contributed by atoms with Crippen LogP contribution in [-0.4, -0.2) is 53.3 Å². The van der Waals surface area contributed by atoms with Crippen LogP contribution in [0, 0.1) is 5.92 Å². The van der Waals surface area contributed by atoms with Crippen molar-refractivity contribution in [2.24, 2.45) is 5.92 Å². The number of likely N-dealkylation sites (tertiary alicyclic amines) is 1. The number of carbonyl (C=O) groups excluding carboxylic acids is 2. The average molecular weight is 404 g/mol. The highest BCUT2D eigenvalue weighted by Crippen LogP contribution is 2.40. The number of nitrogens with one attached hydrogen (secondary N) is 2. The summed E-state index contributed by atoms with van der Waals surface area (Å²) in [4.78, 5) is 26.8. The predicted octanol–water partition coefficient (Wildman–Crippen LogP) is 1.47. The molecule has 1 spiro atoms. The summed E-state index contributed by atoms with van der Waals surface area (Å²) in [6.07, 6.45) is 3.92. The Morgan fingerprint density at radius 3 is 2.79 bits per heavy atom. The fraction of sp³-hybridized carbons (Fsp3) is 0.600. The van der Waals surface area contributed by atoms with Crippen molar-refractivity contribution in [1.29, 1.82) is 0 Å². The molecule has 3 aliphatic heterocycles. The van der Waals surface area contributed by atoms with Crippen molar-refractivity contribution in [3.8, 4) is 11.5 Å². The Morgan fingerprint density at radius 2 is 2.00 bits per heavy atom. The summed E-state index contributed by atoms with van der Waals surface area (Å²) in [5, 5.41) is 6.59. The lowest BCUT2D eigenvalue weighted by Crippen LogP contribution is -2.54. The normalized spacial score (nSPS) is 25.1. The summed E-state index contributed by atoms with van der Waals surface area (Å²) in [5.41, 5.74) is 0.991. The number of piperidine rings is 1. The van der Waals surface area contributed by atoms with Crippen LogP contribution >= 0.6 is 11.8 Å². The molecule has 1 aliphatic carbocycles. The smallest absolute Gasteiger partial charge is 0.238 e. The van der Waals surface area contributed by atoms with Gasteiger partial charge in [-0.1, -0.05) is 6.07 Å². The van der Waals surface area contributed by atoms with Crippen LogP contribution in [-0.2, 0) is 16.1 Å². The minimum Gasteiger partial charge on any atom is -0.454 e. The fourth-order valence-corrected chi connectivity index (χ4v) is 5.53. The highest BCUT2D eigenvalue weighted by atomic mass is 32.2. The van der Waals surface area contributed by atoms with Crippen LogP contribution in [0.5, 0.6) is 11.5 Å². The number of ether oxygens (including phenoxy) is 2. The Kier molecular flexibility index (Phi) is 4.63. The first-order valence-corrected chi connectivity index (χ1v) is 11.0. The number of rotatable bonds is 4. The van der Waals surface area contributed by atoms with Gasteiger partial charge in [0.25, 0.3) is 0 Å². The van der Waals surface area contributed by atoms with E-state index in [1.165, 1.54) is 0 Å². The molecule has 0 aromatic heterocycles. The largest absolute Gasteiger partial charge is 0.454 e. The van der Waals surface area contributed by atoms with Gasteiger partial charge in [0.2, 0.25) is 18.6 Å². The van der Waals surface area contributed by atoms with Crippen molar-refractivity contribution in [3.05, 3.63) is 23.8 Å². The predicted molar refractivity (Wildman–Crippen MR) is 105 cm³/mol. The van der Waals surface area contributed by atoms with Gasteiger partial charge in [0.1, 0.15) is 0 Å². The van der Waals surface area contributed by atoms with Crippen LogP contribution in [0.15, 0.2) is 18.2 Å². The minimum absolute atomic E-state index is 0.0264. The summed E-state index contributed by atoms with van der Waals surface area (Å²) >= 11 is 1.83. The van der Waals surface area contributed by atoms with Gasteiger partial charge in [0, 0.05) is 31.3 Å². The zero-order chi connectivity index (χ0) is 19.1. The highest BCUT2D eigenvalue weighted by Gasteiger charge is 2.45. The number of carbonyl (C=O) groups is 2. The molecule has 1 saturated carbocycles. The van der Waals surface area contributed by atoms with Crippen LogP contribution in [0.2, 0.25) is 0 Å². The third-order valence-corrected chi connectivity index (χ3v) is 7.57. The number of amides is 2. The fourth-order valence-electron chi connectivity index (χ4n) is 4.11.